The van der Waals surface area contributed by atoms with Crippen molar-refractivity contribution in [3.63, 3.8) is 0 Å². The Morgan fingerprint density at radius 1 is 1.27 bits per heavy atom. The second-order valence-corrected chi connectivity index (χ2v) is 7.34. The van der Waals surface area contributed by atoms with Crippen molar-refractivity contribution < 1.29 is 4.74 Å². The number of likely N-dealkylation sites (N-methyl/N-ethyl adjacent to an activating group) is 2. The highest BCUT2D eigenvalue weighted by Gasteiger charge is 2.21. The smallest absolute Gasteiger partial charge is 0.193 e. The summed E-state index contributed by atoms with van der Waals surface area (Å²) in [6, 6.07) is 8.27. The Bertz CT molecular complexity index is 549. The SMILES string of the molecule is CN=C(NCC(c1ccc(Cl)cc1)N(C)C)N(C)CCOCC1CC1.I. The first kappa shape index (κ1) is 23.5. The van der Waals surface area contributed by atoms with E-state index in [0.717, 1.165) is 43.2 Å². The molecule has 0 aliphatic heterocycles. The molecule has 5 nitrogen and oxygen atoms in total. The molecule has 148 valence electrons. The molecule has 0 aromatic heterocycles. The average molecular weight is 495 g/mol. The van der Waals surface area contributed by atoms with Crippen LogP contribution in [-0.2, 0) is 4.74 Å². The van der Waals surface area contributed by atoms with Crippen LogP contribution in [0.4, 0.5) is 0 Å². The lowest BCUT2D eigenvalue weighted by molar-refractivity contribution is 0.115. The summed E-state index contributed by atoms with van der Waals surface area (Å²) in [5.74, 6) is 1.69. The summed E-state index contributed by atoms with van der Waals surface area (Å²) in [6.07, 6.45) is 2.66. The normalized spacial score (nSPS) is 15.5. The molecule has 1 N–H and O–H groups in total. The number of aliphatic imine (C=N–C) groups is 1. The summed E-state index contributed by atoms with van der Waals surface area (Å²) in [5.41, 5.74) is 1.23. The number of halogens is 2. The molecule has 1 aliphatic carbocycles. The summed E-state index contributed by atoms with van der Waals surface area (Å²) in [4.78, 5) is 8.70. The van der Waals surface area contributed by atoms with E-state index in [1.54, 1.807) is 0 Å². The van der Waals surface area contributed by atoms with Gasteiger partial charge in [-0.15, -0.1) is 24.0 Å². The van der Waals surface area contributed by atoms with E-state index in [2.05, 4.69) is 46.3 Å². The molecule has 0 saturated heterocycles. The van der Waals surface area contributed by atoms with E-state index in [0.29, 0.717) is 0 Å². The molecule has 1 aromatic carbocycles. The molecule has 1 atom stereocenters. The van der Waals surface area contributed by atoms with E-state index in [1.807, 2.05) is 26.2 Å². The molecule has 0 radical (unpaired) electrons. The molecular formula is C19H32ClIN4O. The van der Waals surface area contributed by atoms with Gasteiger partial charge in [-0.1, -0.05) is 23.7 Å². The van der Waals surface area contributed by atoms with Gasteiger partial charge in [0, 0.05) is 38.8 Å². The number of nitrogens with zero attached hydrogens (tertiary/aromatic N) is 3. The van der Waals surface area contributed by atoms with Gasteiger partial charge in [0.1, 0.15) is 0 Å². The molecule has 1 aliphatic rings. The van der Waals surface area contributed by atoms with Gasteiger partial charge in [0.2, 0.25) is 0 Å². The Hall–Kier alpha value is -0.570. The predicted molar refractivity (Wildman–Crippen MR) is 121 cm³/mol. The summed E-state index contributed by atoms with van der Waals surface area (Å²) in [6.45, 7) is 3.25. The first-order chi connectivity index (χ1) is 12.0. The van der Waals surface area contributed by atoms with Crippen LogP contribution in [0.3, 0.4) is 0 Å². The van der Waals surface area contributed by atoms with Gasteiger partial charge >= 0.3 is 0 Å². The molecule has 2 rings (SSSR count). The lowest BCUT2D eigenvalue weighted by Gasteiger charge is -2.28. The molecule has 0 heterocycles. The van der Waals surface area contributed by atoms with Crippen LogP contribution in [0.1, 0.15) is 24.4 Å². The van der Waals surface area contributed by atoms with E-state index in [1.165, 1.54) is 18.4 Å². The van der Waals surface area contributed by atoms with Crippen LogP contribution >= 0.6 is 35.6 Å². The van der Waals surface area contributed by atoms with E-state index in [-0.39, 0.29) is 30.0 Å². The maximum absolute atomic E-state index is 6.00. The van der Waals surface area contributed by atoms with Gasteiger partial charge < -0.3 is 19.9 Å². The molecule has 0 bridgehead atoms. The molecule has 0 spiro atoms. The average Bonchev–Trinajstić information content (AvgIpc) is 3.41. The molecule has 1 saturated carbocycles. The minimum atomic E-state index is 0. The fourth-order valence-corrected chi connectivity index (χ4v) is 2.82. The van der Waals surface area contributed by atoms with E-state index in [4.69, 9.17) is 16.3 Å². The molecule has 0 amide bonds. The van der Waals surface area contributed by atoms with Gasteiger partial charge in [0.25, 0.3) is 0 Å². The summed E-state index contributed by atoms with van der Waals surface area (Å²) in [7, 11) is 8.03. The molecule has 1 aromatic rings. The third kappa shape index (κ3) is 7.98. The van der Waals surface area contributed by atoms with Crippen molar-refractivity contribution in [2.45, 2.75) is 18.9 Å². The predicted octanol–water partition coefficient (Wildman–Crippen LogP) is 3.49. The Kier molecular flexibility index (Phi) is 10.8. The van der Waals surface area contributed by atoms with Crippen molar-refractivity contribution in [2.24, 2.45) is 10.9 Å². The third-order valence-corrected chi connectivity index (χ3v) is 4.78. The zero-order chi connectivity index (χ0) is 18.2. The number of guanidine groups is 1. The van der Waals surface area contributed by atoms with Crippen molar-refractivity contribution in [1.29, 1.82) is 0 Å². The van der Waals surface area contributed by atoms with Crippen molar-refractivity contribution in [1.82, 2.24) is 15.1 Å². The summed E-state index contributed by atoms with van der Waals surface area (Å²) in [5, 5.41) is 4.23. The van der Waals surface area contributed by atoms with Crippen LogP contribution in [0.2, 0.25) is 5.02 Å². The Balaban J connectivity index is 0.00000338. The highest BCUT2D eigenvalue weighted by atomic mass is 127. The van der Waals surface area contributed by atoms with Gasteiger partial charge in [-0.2, -0.15) is 0 Å². The highest BCUT2D eigenvalue weighted by molar-refractivity contribution is 14.0. The summed E-state index contributed by atoms with van der Waals surface area (Å²) < 4.78 is 5.72. The van der Waals surface area contributed by atoms with Crippen LogP contribution in [0.15, 0.2) is 29.3 Å². The van der Waals surface area contributed by atoms with Crippen LogP contribution < -0.4 is 5.32 Å². The topological polar surface area (TPSA) is 40.1 Å². The fraction of sp³-hybridized carbons (Fsp3) is 0.632. The number of hydrogen-bond donors (Lipinski definition) is 1. The van der Waals surface area contributed by atoms with Gasteiger partial charge in [-0.3, -0.25) is 4.99 Å². The number of nitrogens with one attached hydrogen (secondary N) is 1. The fourth-order valence-electron chi connectivity index (χ4n) is 2.70. The van der Waals surface area contributed by atoms with Gasteiger partial charge in [-0.05, 0) is 50.6 Å². The van der Waals surface area contributed by atoms with Crippen LogP contribution in [-0.4, -0.2) is 70.3 Å². The molecular weight excluding hydrogens is 463 g/mol. The van der Waals surface area contributed by atoms with E-state index in [9.17, 15) is 0 Å². The van der Waals surface area contributed by atoms with Crippen LogP contribution in [0, 0.1) is 5.92 Å². The van der Waals surface area contributed by atoms with Crippen molar-refractivity contribution in [2.75, 3.05) is 54.5 Å². The minimum Gasteiger partial charge on any atom is -0.379 e. The quantitative estimate of drug-likeness (QED) is 0.247. The lowest BCUT2D eigenvalue weighted by atomic mass is 10.1. The van der Waals surface area contributed by atoms with Gasteiger partial charge in [0.15, 0.2) is 5.96 Å². The third-order valence-electron chi connectivity index (χ3n) is 4.53. The van der Waals surface area contributed by atoms with Crippen LogP contribution in [0.25, 0.3) is 0 Å². The van der Waals surface area contributed by atoms with Gasteiger partial charge in [0.05, 0.1) is 12.6 Å². The Labute approximate surface area is 180 Å². The number of hydrogen-bond acceptors (Lipinski definition) is 3. The maximum atomic E-state index is 6.00. The first-order valence-electron chi connectivity index (χ1n) is 8.92. The Morgan fingerprint density at radius 2 is 1.92 bits per heavy atom. The number of ether oxygens (including phenoxy) is 1. The molecule has 1 unspecified atom stereocenters. The maximum Gasteiger partial charge on any atom is 0.193 e. The largest absolute Gasteiger partial charge is 0.379 e. The van der Waals surface area contributed by atoms with E-state index >= 15 is 0 Å². The lowest BCUT2D eigenvalue weighted by Crippen LogP contribution is -2.43. The monoisotopic (exact) mass is 494 g/mol. The zero-order valence-electron chi connectivity index (χ0n) is 16.2. The Morgan fingerprint density at radius 3 is 2.46 bits per heavy atom. The van der Waals surface area contributed by atoms with Crippen molar-refractivity contribution in [3.05, 3.63) is 34.9 Å². The zero-order valence-corrected chi connectivity index (χ0v) is 19.3. The first-order valence-corrected chi connectivity index (χ1v) is 9.30. The number of benzene rings is 1. The van der Waals surface area contributed by atoms with Crippen LogP contribution in [0.5, 0.6) is 0 Å². The molecule has 26 heavy (non-hydrogen) atoms. The summed E-state index contributed by atoms with van der Waals surface area (Å²) >= 11 is 6.00. The molecule has 7 heteroatoms. The molecule has 1 fully saturated rings. The number of rotatable bonds is 9. The highest BCUT2D eigenvalue weighted by Crippen LogP contribution is 2.28. The van der Waals surface area contributed by atoms with Gasteiger partial charge in [-0.25, -0.2) is 0 Å². The standard InChI is InChI=1S/C19H31ClN4O.HI/c1-21-19(24(4)11-12-25-14-15-5-6-15)22-13-18(23(2)3)16-7-9-17(20)10-8-16;/h7-10,15,18H,5-6,11-14H2,1-4H3,(H,21,22);1H. The second-order valence-electron chi connectivity index (χ2n) is 6.90. The van der Waals surface area contributed by atoms with Crippen molar-refractivity contribution in [3.8, 4) is 0 Å². The van der Waals surface area contributed by atoms with E-state index < -0.39 is 0 Å². The van der Waals surface area contributed by atoms with Crippen molar-refractivity contribution >= 4 is 41.5 Å². The minimum absolute atomic E-state index is 0. The second kappa shape index (κ2) is 12.0.